The number of hydrogen-bond donors (Lipinski definition) is 1. The number of amides is 1. The van der Waals surface area contributed by atoms with Crippen LogP contribution in [0.3, 0.4) is 0 Å². The first kappa shape index (κ1) is 13.3. The molecule has 89 valence electrons. The van der Waals surface area contributed by atoms with Crippen molar-refractivity contribution in [3.63, 3.8) is 0 Å². The van der Waals surface area contributed by atoms with Crippen molar-refractivity contribution in [1.82, 2.24) is 5.32 Å². The summed E-state index contributed by atoms with van der Waals surface area (Å²) in [5.41, 5.74) is -0.375. The first-order chi connectivity index (χ1) is 7.35. The highest BCUT2D eigenvalue weighted by atomic mass is 16.7. The standard InChI is InChI=1S/C6H12BO2.C5H7NO/c1-5(2)6(3,4)9-7-8-5;7-5-3-1-2-4-6-5/h1-4H3;2,4H,1,3H2,(H,6,7). The Morgan fingerprint density at radius 1 is 1.25 bits per heavy atom. The largest absolute Gasteiger partial charge is 0.488 e. The van der Waals surface area contributed by atoms with Crippen LogP contribution in [-0.2, 0) is 14.1 Å². The molecule has 16 heavy (non-hydrogen) atoms. The Hall–Kier alpha value is -0.805. The lowest BCUT2D eigenvalue weighted by Gasteiger charge is -2.32. The second kappa shape index (κ2) is 5.02. The molecule has 0 aliphatic carbocycles. The number of hydrogen-bond acceptors (Lipinski definition) is 3. The Morgan fingerprint density at radius 3 is 2.00 bits per heavy atom. The van der Waals surface area contributed by atoms with Gasteiger partial charge >= 0.3 is 7.69 Å². The van der Waals surface area contributed by atoms with Crippen molar-refractivity contribution < 1.29 is 14.1 Å². The Balaban J connectivity index is 0.000000165. The third-order valence-corrected chi connectivity index (χ3v) is 3.04. The van der Waals surface area contributed by atoms with E-state index < -0.39 is 0 Å². The zero-order valence-electron chi connectivity index (χ0n) is 10.4. The fourth-order valence-electron chi connectivity index (χ4n) is 1.07. The Bertz CT molecular complexity index is 273. The fraction of sp³-hybridized carbons (Fsp3) is 0.727. The predicted octanol–water partition coefficient (Wildman–Crippen LogP) is 1.53. The van der Waals surface area contributed by atoms with Crippen molar-refractivity contribution >= 4 is 13.6 Å². The molecule has 1 saturated heterocycles. The number of nitrogens with one attached hydrogen (secondary N) is 1. The van der Waals surface area contributed by atoms with Crippen LogP contribution in [0.15, 0.2) is 12.3 Å². The van der Waals surface area contributed by atoms with Gasteiger partial charge in [-0.3, -0.25) is 4.79 Å². The lowest BCUT2D eigenvalue weighted by atomic mass is 9.90. The molecule has 0 atom stereocenters. The molecule has 2 heterocycles. The van der Waals surface area contributed by atoms with E-state index >= 15 is 0 Å². The quantitative estimate of drug-likeness (QED) is 0.635. The molecule has 2 aliphatic rings. The van der Waals surface area contributed by atoms with E-state index in [1.54, 1.807) is 6.20 Å². The first-order valence-electron chi connectivity index (χ1n) is 5.47. The summed E-state index contributed by atoms with van der Waals surface area (Å²) in [6, 6.07) is 0. The van der Waals surface area contributed by atoms with Crippen LogP contribution in [0.1, 0.15) is 40.5 Å². The molecule has 4 nitrogen and oxygen atoms in total. The molecule has 1 radical (unpaired) electrons. The van der Waals surface area contributed by atoms with Crippen molar-refractivity contribution in [2.75, 3.05) is 0 Å². The van der Waals surface area contributed by atoms with E-state index in [9.17, 15) is 4.79 Å². The molecular weight excluding hydrogens is 205 g/mol. The number of carbonyl (C=O) groups excluding carboxylic acids is 1. The van der Waals surface area contributed by atoms with E-state index in [0.717, 1.165) is 6.42 Å². The molecule has 0 aromatic rings. The van der Waals surface area contributed by atoms with E-state index in [1.165, 1.54) is 7.69 Å². The average Bonchev–Trinajstić information content (AvgIpc) is 2.41. The van der Waals surface area contributed by atoms with Gasteiger partial charge in [-0.2, -0.15) is 0 Å². The molecule has 0 saturated carbocycles. The van der Waals surface area contributed by atoms with Crippen LogP contribution in [0.2, 0.25) is 0 Å². The number of rotatable bonds is 0. The van der Waals surface area contributed by atoms with Crippen LogP contribution in [0.25, 0.3) is 0 Å². The van der Waals surface area contributed by atoms with Crippen LogP contribution in [-0.4, -0.2) is 24.8 Å². The molecule has 0 aromatic heterocycles. The van der Waals surface area contributed by atoms with Crippen LogP contribution < -0.4 is 5.32 Å². The topological polar surface area (TPSA) is 47.6 Å². The second-order valence-corrected chi connectivity index (χ2v) is 4.86. The zero-order chi connectivity index (χ0) is 12.2. The second-order valence-electron chi connectivity index (χ2n) is 4.86. The molecule has 0 unspecified atom stereocenters. The van der Waals surface area contributed by atoms with Crippen LogP contribution >= 0.6 is 0 Å². The van der Waals surface area contributed by atoms with Gasteiger partial charge in [0.05, 0.1) is 11.2 Å². The van der Waals surface area contributed by atoms with Crippen LogP contribution in [0, 0.1) is 0 Å². The summed E-state index contributed by atoms with van der Waals surface area (Å²) in [6.07, 6.45) is 5.18. The molecule has 0 aromatic carbocycles. The average molecular weight is 224 g/mol. The molecule has 5 heteroatoms. The molecule has 2 aliphatic heterocycles. The molecule has 0 spiro atoms. The SMILES string of the molecule is CC1(C)O[B]OC1(C)C.O=C1CCC=CN1. The van der Waals surface area contributed by atoms with Gasteiger partial charge in [0.15, 0.2) is 0 Å². The van der Waals surface area contributed by atoms with E-state index in [4.69, 9.17) is 9.31 Å². The van der Waals surface area contributed by atoms with E-state index in [-0.39, 0.29) is 17.1 Å². The van der Waals surface area contributed by atoms with Gasteiger partial charge in [-0.25, -0.2) is 0 Å². The van der Waals surface area contributed by atoms with Crippen molar-refractivity contribution in [3.8, 4) is 0 Å². The number of allylic oxidation sites excluding steroid dienone is 1. The Labute approximate surface area is 97.7 Å². The summed E-state index contributed by atoms with van der Waals surface area (Å²) in [7, 11) is 1.42. The van der Waals surface area contributed by atoms with Gasteiger partial charge in [-0.05, 0) is 40.3 Å². The van der Waals surface area contributed by atoms with Crippen molar-refractivity contribution in [2.24, 2.45) is 0 Å². The van der Waals surface area contributed by atoms with Gasteiger partial charge in [0.2, 0.25) is 5.91 Å². The van der Waals surface area contributed by atoms with Gasteiger partial charge in [0, 0.05) is 6.42 Å². The minimum absolute atomic E-state index is 0.127. The summed E-state index contributed by atoms with van der Waals surface area (Å²) in [6.45, 7) is 8.04. The summed E-state index contributed by atoms with van der Waals surface area (Å²) in [5.74, 6) is 0.127. The maximum Gasteiger partial charge on any atom is 0.488 e. The van der Waals surface area contributed by atoms with Gasteiger partial charge in [0.25, 0.3) is 0 Å². The minimum Gasteiger partial charge on any atom is -0.405 e. The van der Waals surface area contributed by atoms with Crippen molar-refractivity contribution in [2.45, 2.75) is 51.7 Å². The molecule has 2 rings (SSSR count). The fourth-order valence-corrected chi connectivity index (χ4v) is 1.07. The highest BCUT2D eigenvalue weighted by Gasteiger charge is 2.44. The highest BCUT2D eigenvalue weighted by Crippen LogP contribution is 2.33. The summed E-state index contributed by atoms with van der Waals surface area (Å²) < 4.78 is 10.4. The zero-order valence-corrected chi connectivity index (χ0v) is 10.4. The third kappa shape index (κ3) is 3.35. The maximum atomic E-state index is 10.3. The Kier molecular flexibility index (Phi) is 4.16. The summed E-state index contributed by atoms with van der Waals surface area (Å²) in [5, 5.41) is 2.56. The van der Waals surface area contributed by atoms with Gasteiger partial charge in [-0.1, -0.05) is 6.08 Å². The van der Waals surface area contributed by atoms with Crippen molar-refractivity contribution in [1.29, 1.82) is 0 Å². The smallest absolute Gasteiger partial charge is 0.405 e. The first-order valence-corrected chi connectivity index (χ1v) is 5.47. The van der Waals surface area contributed by atoms with Crippen molar-refractivity contribution in [3.05, 3.63) is 12.3 Å². The summed E-state index contributed by atoms with van der Waals surface area (Å²) >= 11 is 0. The number of carbonyl (C=O) groups is 1. The molecule has 1 amide bonds. The third-order valence-electron chi connectivity index (χ3n) is 3.04. The maximum absolute atomic E-state index is 10.3. The van der Waals surface area contributed by atoms with Gasteiger partial charge < -0.3 is 14.6 Å². The Morgan fingerprint density at radius 2 is 1.81 bits per heavy atom. The lowest BCUT2D eigenvalue weighted by molar-refractivity contribution is -0.120. The van der Waals surface area contributed by atoms with E-state index in [2.05, 4.69) is 5.32 Å². The lowest BCUT2D eigenvalue weighted by Crippen LogP contribution is -2.41. The monoisotopic (exact) mass is 224 g/mol. The van der Waals surface area contributed by atoms with E-state index in [0.29, 0.717) is 6.42 Å². The summed E-state index contributed by atoms with van der Waals surface area (Å²) in [4.78, 5) is 10.3. The molecule has 1 N–H and O–H groups in total. The van der Waals surface area contributed by atoms with Gasteiger partial charge in [-0.15, -0.1) is 0 Å². The van der Waals surface area contributed by atoms with Crippen LogP contribution in [0.5, 0.6) is 0 Å². The molecular formula is C11H19BNO3. The van der Waals surface area contributed by atoms with Gasteiger partial charge in [0.1, 0.15) is 0 Å². The minimum atomic E-state index is -0.188. The highest BCUT2D eigenvalue weighted by molar-refractivity contribution is 6.19. The molecule has 0 bridgehead atoms. The normalized spacial score (nSPS) is 25.1. The van der Waals surface area contributed by atoms with Crippen LogP contribution in [0.4, 0.5) is 0 Å². The van der Waals surface area contributed by atoms with E-state index in [1.807, 2.05) is 33.8 Å². The molecule has 1 fully saturated rings. The predicted molar refractivity (Wildman–Crippen MR) is 62.6 cm³/mol.